The van der Waals surface area contributed by atoms with Gasteiger partial charge in [-0.05, 0) is 53.9 Å². The minimum atomic E-state index is -1.08. The highest BCUT2D eigenvalue weighted by atomic mass is 79.9. The van der Waals surface area contributed by atoms with Gasteiger partial charge in [0.25, 0.3) is 0 Å². The van der Waals surface area contributed by atoms with Gasteiger partial charge in [0.05, 0.1) is 5.69 Å². The van der Waals surface area contributed by atoms with E-state index < -0.39 is 18.0 Å². The Morgan fingerprint density at radius 1 is 1.33 bits per heavy atom. The predicted molar refractivity (Wildman–Crippen MR) is 72.9 cm³/mol. The highest BCUT2D eigenvalue weighted by Crippen LogP contribution is 2.27. The molecule has 1 rings (SSSR count). The van der Waals surface area contributed by atoms with Crippen molar-refractivity contribution in [3.63, 3.8) is 0 Å². The van der Waals surface area contributed by atoms with Gasteiger partial charge < -0.3 is 15.7 Å². The molecule has 98 valence electrons. The van der Waals surface area contributed by atoms with E-state index in [1.165, 1.54) is 6.92 Å². The molecule has 0 fully saturated rings. The smallest absolute Gasteiger partial charge is 0.325 e. The number of rotatable bonds is 3. The Morgan fingerprint density at radius 2 is 1.94 bits per heavy atom. The fourth-order valence-corrected chi connectivity index (χ4v) is 2.25. The van der Waals surface area contributed by atoms with Crippen molar-refractivity contribution < 1.29 is 14.7 Å². The molecule has 0 saturated heterocycles. The second kappa shape index (κ2) is 5.86. The molecule has 1 aromatic carbocycles. The summed E-state index contributed by atoms with van der Waals surface area (Å²) in [5.41, 5.74) is 2.61. The molecule has 5 nitrogen and oxygen atoms in total. The molecule has 0 spiro atoms. The lowest BCUT2D eigenvalue weighted by Crippen LogP contribution is -2.41. The van der Waals surface area contributed by atoms with E-state index in [9.17, 15) is 9.59 Å². The Kier molecular flexibility index (Phi) is 4.72. The Bertz CT molecular complexity index is 465. The van der Waals surface area contributed by atoms with E-state index in [4.69, 9.17) is 5.11 Å². The number of aliphatic carboxylic acids is 1. The summed E-state index contributed by atoms with van der Waals surface area (Å²) in [6, 6.07) is 2.33. The van der Waals surface area contributed by atoms with Crippen molar-refractivity contribution in [2.45, 2.75) is 26.8 Å². The first-order chi connectivity index (χ1) is 8.31. The predicted octanol–water partition coefficient (Wildman–Crippen LogP) is 2.66. The second-order valence-electron chi connectivity index (χ2n) is 4.10. The minimum Gasteiger partial charge on any atom is -0.480 e. The zero-order valence-corrected chi connectivity index (χ0v) is 12.0. The number of nitrogens with one attached hydrogen (secondary N) is 2. The lowest BCUT2D eigenvalue weighted by molar-refractivity contribution is -0.138. The summed E-state index contributed by atoms with van der Waals surface area (Å²) in [6.45, 7) is 5.22. The van der Waals surface area contributed by atoms with Crippen molar-refractivity contribution in [3.05, 3.63) is 27.7 Å². The molecule has 0 heterocycles. The number of hydrogen-bond acceptors (Lipinski definition) is 2. The van der Waals surface area contributed by atoms with Gasteiger partial charge in [-0.15, -0.1) is 0 Å². The van der Waals surface area contributed by atoms with Crippen LogP contribution in [0.5, 0.6) is 0 Å². The second-order valence-corrected chi connectivity index (χ2v) is 4.95. The van der Waals surface area contributed by atoms with E-state index in [2.05, 4.69) is 26.6 Å². The number of carboxylic acids is 1. The first-order valence-electron chi connectivity index (χ1n) is 5.38. The van der Waals surface area contributed by atoms with E-state index in [0.29, 0.717) is 5.69 Å². The Labute approximate surface area is 114 Å². The van der Waals surface area contributed by atoms with Crippen LogP contribution in [-0.4, -0.2) is 23.1 Å². The lowest BCUT2D eigenvalue weighted by atomic mass is 10.1. The zero-order valence-electron chi connectivity index (χ0n) is 10.4. The van der Waals surface area contributed by atoms with Gasteiger partial charge in [-0.1, -0.05) is 6.07 Å². The van der Waals surface area contributed by atoms with Gasteiger partial charge in [0.15, 0.2) is 0 Å². The van der Waals surface area contributed by atoms with E-state index >= 15 is 0 Å². The van der Waals surface area contributed by atoms with Crippen LogP contribution in [0.3, 0.4) is 0 Å². The average Bonchev–Trinajstić information content (AvgIpc) is 2.23. The molecular formula is C12H15BrN2O3. The maximum absolute atomic E-state index is 11.6. The fraction of sp³-hybridized carbons (Fsp3) is 0.333. The van der Waals surface area contributed by atoms with Crippen LogP contribution in [-0.2, 0) is 4.79 Å². The standard InChI is InChI=1S/C12H15BrN2O3/c1-6-4-7(2)10(9(13)5-6)15-12(18)14-8(3)11(16)17/h4-5,8H,1-3H3,(H,16,17)(H2,14,15,18)/t8-/m0/s1. The highest BCUT2D eigenvalue weighted by Gasteiger charge is 2.15. The first-order valence-corrected chi connectivity index (χ1v) is 6.17. The van der Waals surface area contributed by atoms with Crippen molar-refractivity contribution in [1.29, 1.82) is 0 Å². The molecule has 0 unspecified atom stereocenters. The van der Waals surface area contributed by atoms with Crippen LogP contribution in [0.4, 0.5) is 10.5 Å². The number of amides is 2. The molecule has 3 N–H and O–H groups in total. The maximum atomic E-state index is 11.6. The number of anilines is 1. The van der Waals surface area contributed by atoms with Gasteiger partial charge in [0.2, 0.25) is 0 Å². The highest BCUT2D eigenvalue weighted by molar-refractivity contribution is 9.10. The molecular weight excluding hydrogens is 300 g/mol. The van der Waals surface area contributed by atoms with Gasteiger partial charge in [0.1, 0.15) is 6.04 Å². The summed E-state index contributed by atoms with van der Waals surface area (Å²) < 4.78 is 0.762. The molecule has 0 aliphatic rings. The number of halogens is 1. The molecule has 0 aliphatic carbocycles. The third-order valence-corrected chi connectivity index (χ3v) is 3.01. The third kappa shape index (κ3) is 3.73. The van der Waals surface area contributed by atoms with Crippen LogP contribution >= 0.6 is 15.9 Å². The van der Waals surface area contributed by atoms with Crippen LogP contribution in [0.1, 0.15) is 18.1 Å². The summed E-state index contributed by atoms with van der Waals surface area (Å²) in [7, 11) is 0. The summed E-state index contributed by atoms with van der Waals surface area (Å²) in [4.78, 5) is 22.2. The fourth-order valence-electron chi connectivity index (χ4n) is 1.48. The Balaban J connectivity index is 2.80. The summed E-state index contributed by atoms with van der Waals surface area (Å²) in [6.07, 6.45) is 0. The van der Waals surface area contributed by atoms with E-state index in [1.807, 2.05) is 26.0 Å². The SMILES string of the molecule is Cc1cc(C)c(NC(=O)N[C@@H](C)C(=O)O)c(Br)c1. The monoisotopic (exact) mass is 314 g/mol. The topological polar surface area (TPSA) is 78.4 Å². The van der Waals surface area contributed by atoms with Crippen LogP contribution in [0.25, 0.3) is 0 Å². The molecule has 1 atom stereocenters. The van der Waals surface area contributed by atoms with Crippen molar-refractivity contribution in [1.82, 2.24) is 5.32 Å². The van der Waals surface area contributed by atoms with Gasteiger partial charge in [0, 0.05) is 4.47 Å². The van der Waals surface area contributed by atoms with Crippen LogP contribution in [0.2, 0.25) is 0 Å². The van der Waals surface area contributed by atoms with Gasteiger partial charge in [-0.25, -0.2) is 4.79 Å². The number of benzene rings is 1. The largest absolute Gasteiger partial charge is 0.480 e. The molecule has 18 heavy (non-hydrogen) atoms. The van der Waals surface area contributed by atoms with Crippen molar-refractivity contribution in [3.8, 4) is 0 Å². The molecule has 1 aromatic rings. The molecule has 0 aliphatic heterocycles. The molecule has 2 amide bonds. The number of carbonyl (C=O) groups excluding carboxylic acids is 1. The number of carboxylic acid groups (broad SMARTS) is 1. The molecule has 0 aromatic heterocycles. The summed E-state index contributed by atoms with van der Waals surface area (Å²) in [5, 5.41) is 13.6. The van der Waals surface area contributed by atoms with Crippen LogP contribution in [0, 0.1) is 13.8 Å². The van der Waals surface area contributed by atoms with Gasteiger partial charge in [-0.3, -0.25) is 4.79 Å². The number of aryl methyl sites for hydroxylation is 2. The first kappa shape index (κ1) is 14.5. The van der Waals surface area contributed by atoms with Crippen LogP contribution < -0.4 is 10.6 Å². The molecule has 0 saturated carbocycles. The Morgan fingerprint density at radius 3 is 2.44 bits per heavy atom. The zero-order chi connectivity index (χ0) is 13.9. The van der Waals surface area contributed by atoms with Gasteiger partial charge in [-0.2, -0.15) is 0 Å². The lowest BCUT2D eigenvalue weighted by Gasteiger charge is -2.14. The third-order valence-electron chi connectivity index (χ3n) is 2.39. The molecule has 6 heteroatoms. The van der Waals surface area contributed by atoms with Gasteiger partial charge >= 0.3 is 12.0 Å². The molecule has 0 radical (unpaired) electrons. The normalized spacial score (nSPS) is 11.8. The van der Waals surface area contributed by atoms with Crippen LogP contribution in [0.15, 0.2) is 16.6 Å². The van der Waals surface area contributed by atoms with E-state index in [-0.39, 0.29) is 0 Å². The van der Waals surface area contributed by atoms with E-state index in [1.54, 1.807) is 0 Å². The maximum Gasteiger partial charge on any atom is 0.325 e. The number of urea groups is 1. The Hall–Kier alpha value is -1.56. The number of carbonyl (C=O) groups is 2. The van der Waals surface area contributed by atoms with Crippen molar-refractivity contribution in [2.75, 3.05) is 5.32 Å². The van der Waals surface area contributed by atoms with E-state index in [0.717, 1.165) is 15.6 Å². The molecule has 0 bridgehead atoms. The average molecular weight is 315 g/mol. The van der Waals surface area contributed by atoms with Crippen molar-refractivity contribution >= 4 is 33.6 Å². The summed E-state index contributed by atoms with van der Waals surface area (Å²) in [5.74, 6) is -1.08. The minimum absolute atomic E-state index is 0.544. The quantitative estimate of drug-likeness (QED) is 0.802. The number of hydrogen-bond donors (Lipinski definition) is 3. The van der Waals surface area contributed by atoms with Crippen molar-refractivity contribution in [2.24, 2.45) is 0 Å². The summed E-state index contributed by atoms with van der Waals surface area (Å²) >= 11 is 3.36.